The average molecular weight is 328 g/mol. The molecule has 120 valence electrons. The molecule has 0 unspecified atom stereocenters. The summed E-state index contributed by atoms with van der Waals surface area (Å²) in [7, 11) is 1.65. The number of carbonyl (C=O) groups is 1. The van der Waals surface area contributed by atoms with Crippen LogP contribution in [0.3, 0.4) is 0 Å². The van der Waals surface area contributed by atoms with Gasteiger partial charge in [-0.3, -0.25) is 4.79 Å². The maximum absolute atomic E-state index is 12.5. The van der Waals surface area contributed by atoms with Crippen molar-refractivity contribution >= 4 is 23.3 Å². The van der Waals surface area contributed by atoms with Gasteiger partial charge in [-0.25, -0.2) is 4.98 Å². The molecule has 1 fully saturated rings. The van der Waals surface area contributed by atoms with Crippen molar-refractivity contribution in [2.24, 2.45) is 0 Å². The predicted octanol–water partition coefficient (Wildman–Crippen LogP) is 3.66. The highest BCUT2D eigenvalue weighted by Crippen LogP contribution is 2.29. The molecule has 2 aromatic rings. The number of aryl methyl sites for hydroxylation is 1. The molecule has 0 N–H and O–H groups in total. The van der Waals surface area contributed by atoms with Crippen LogP contribution in [0.5, 0.6) is 5.75 Å². The number of rotatable bonds is 6. The van der Waals surface area contributed by atoms with Crippen LogP contribution in [-0.2, 0) is 11.3 Å². The standard InChI is InChI=1S/C18H20N2O2S/c1-13-19-15(12-23-13)5-10-18(21)20(16-6-7-16)11-14-3-8-17(22-2)9-4-14/h3-5,8-10,12,16H,6-7,11H2,1-2H3. The van der Waals surface area contributed by atoms with Crippen molar-refractivity contribution in [3.8, 4) is 5.75 Å². The molecule has 23 heavy (non-hydrogen) atoms. The Bertz CT molecular complexity index is 702. The second-order valence-corrected chi connectivity index (χ2v) is 6.73. The van der Waals surface area contributed by atoms with E-state index in [1.54, 1.807) is 30.6 Å². The molecule has 3 rings (SSSR count). The van der Waals surface area contributed by atoms with Gasteiger partial charge in [-0.2, -0.15) is 0 Å². The smallest absolute Gasteiger partial charge is 0.247 e. The fourth-order valence-corrected chi connectivity index (χ4v) is 2.99. The van der Waals surface area contributed by atoms with Gasteiger partial charge in [-0.05, 0) is 43.5 Å². The predicted molar refractivity (Wildman–Crippen MR) is 92.5 cm³/mol. The van der Waals surface area contributed by atoms with E-state index in [1.807, 2.05) is 41.5 Å². The minimum atomic E-state index is 0.0500. The van der Waals surface area contributed by atoms with Crippen molar-refractivity contribution in [3.63, 3.8) is 0 Å². The highest BCUT2D eigenvalue weighted by atomic mass is 32.1. The molecule has 4 nitrogen and oxygen atoms in total. The lowest BCUT2D eigenvalue weighted by atomic mass is 10.2. The van der Waals surface area contributed by atoms with Crippen molar-refractivity contribution in [1.82, 2.24) is 9.88 Å². The average Bonchev–Trinajstić information content (AvgIpc) is 3.32. The van der Waals surface area contributed by atoms with E-state index in [1.165, 1.54) is 0 Å². The highest BCUT2D eigenvalue weighted by Gasteiger charge is 2.31. The summed E-state index contributed by atoms with van der Waals surface area (Å²) in [5.41, 5.74) is 1.96. The van der Waals surface area contributed by atoms with Crippen molar-refractivity contribution in [3.05, 3.63) is 52.0 Å². The number of aromatic nitrogens is 1. The lowest BCUT2D eigenvalue weighted by Gasteiger charge is -2.21. The molecule has 0 spiro atoms. The molecular weight excluding hydrogens is 308 g/mol. The molecule has 1 aliphatic rings. The first-order valence-corrected chi connectivity index (χ1v) is 8.57. The zero-order valence-corrected chi connectivity index (χ0v) is 14.2. The van der Waals surface area contributed by atoms with Gasteiger partial charge in [0.1, 0.15) is 5.75 Å². The first kappa shape index (κ1) is 15.7. The van der Waals surface area contributed by atoms with Crippen molar-refractivity contribution in [2.75, 3.05) is 7.11 Å². The molecule has 1 aromatic heterocycles. The molecule has 0 aliphatic heterocycles. The maximum Gasteiger partial charge on any atom is 0.247 e. The van der Waals surface area contributed by atoms with E-state index in [0.717, 1.165) is 34.9 Å². The van der Waals surface area contributed by atoms with E-state index < -0.39 is 0 Å². The van der Waals surface area contributed by atoms with E-state index in [4.69, 9.17) is 4.74 Å². The summed E-state index contributed by atoms with van der Waals surface area (Å²) in [5, 5.41) is 2.97. The Balaban J connectivity index is 1.68. The molecule has 1 amide bonds. The first-order chi connectivity index (χ1) is 11.2. The summed E-state index contributed by atoms with van der Waals surface area (Å²) < 4.78 is 5.17. The van der Waals surface area contributed by atoms with Gasteiger partial charge in [0.25, 0.3) is 0 Å². The Labute approximate surface area is 140 Å². The van der Waals surface area contributed by atoms with Crippen molar-refractivity contribution in [2.45, 2.75) is 32.4 Å². The zero-order valence-electron chi connectivity index (χ0n) is 13.4. The number of hydrogen-bond acceptors (Lipinski definition) is 4. The number of amides is 1. The van der Waals surface area contributed by atoms with Crippen LogP contribution in [0.25, 0.3) is 6.08 Å². The topological polar surface area (TPSA) is 42.4 Å². The van der Waals surface area contributed by atoms with Crippen LogP contribution in [0.4, 0.5) is 0 Å². The lowest BCUT2D eigenvalue weighted by Crippen LogP contribution is -2.31. The molecule has 1 heterocycles. The molecule has 0 radical (unpaired) electrons. The molecule has 5 heteroatoms. The number of carbonyl (C=O) groups excluding carboxylic acids is 1. The van der Waals surface area contributed by atoms with Crippen LogP contribution in [0.2, 0.25) is 0 Å². The number of thiazole rings is 1. The maximum atomic E-state index is 12.5. The van der Waals surface area contributed by atoms with Crippen LogP contribution in [0.15, 0.2) is 35.7 Å². The fourth-order valence-electron chi connectivity index (χ4n) is 2.41. The molecule has 1 aliphatic carbocycles. The number of benzene rings is 1. The summed E-state index contributed by atoms with van der Waals surface area (Å²) in [5.74, 6) is 0.880. The van der Waals surface area contributed by atoms with Gasteiger partial charge in [0.2, 0.25) is 5.91 Å². The van der Waals surface area contributed by atoms with Gasteiger partial charge in [0.15, 0.2) is 0 Å². The second kappa shape index (κ2) is 6.96. The van der Waals surface area contributed by atoms with Gasteiger partial charge in [-0.1, -0.05) is 12.1 Å². The summed E-state index contributed by atoms with van der Waals surface area (Å²) in [6, 6.07) is 8.24. The second-order valence-electron chi connectivity index (χ2n) is 5.67. The third-order valence-corrected chi connectivity index (χ3v) is 4.61. The van der Waals surface area contributed by atoms with E-state index >= 15 is 0 Å². The largest absolute Gasteiger partial charge is 0.497 e. The minimum absolute atomic E-state index is 0.0500. The third kappa shape index (κ3) is 4.20. The number of nitrogens with zero attached hydrogens (tertiary/aromatic N) is 2. The Morgan fingerprint density at radius 1 is 1.39 bits per heavy atom. The lowest BCUT2D eigenvalue weighted by molar-refractivity contribution is -0.127. The molecule has 0 atom stereocenters. The van der Waals surface area contributed by atoms with Crippen LogP contribution < -0.4 is 4.74 Å². The van der Waals surface area contributed by atoms with E-state index in [-0.39, 0.29) is 5.91 Å². The summed E-state index contributed by atoms with van der Waals surface area (Å²) in [6.07, 6.45) is 5.61. The van der Waals surface area contributed by atoms with Gasteiger partial charge in [-0.15, -0.1) is 11.3 Å². The van der Waals surface area contributed by atoms with E-state index in [0.29, 0.717) is 12.6 Å². The van der Waals surface area contributed by atoms with Crippen LogP contribution in [0, 0.1) is 6.92 Å². The van der Waals surface area contributed by atoms with Crippen LogP contribution >= 0.6 is 11.3 Å². The Hall–Kier alpha value is -2.14. The summed E-state index contributed by atoms with van der Waals surface area (Å²) in [6.45, 7) is 2.60. The normalized spacial score (nSPS) is 14.2. The van der Waals surface area contributed by atoms with Crippen molar-refractivity contribution in [1.29, 1.82) is 0 Å². The summed E-state index contributed by atoms with van der Waals surface area (Å²) in [4.78, 5) is 18.8. The quantitative estimate of drug-likeness (QED) is 0.760. The first-order valence-electron chi connectivity index (χ1n) is 7.69. The van der Waals surface area contributed by atoms with Gasteiger partial charge in [0.05, 0.1) is 17.8 Å². The molecular formula is C18H20N2O2S. The zero-order chi connectivity index (χ0) is 16.2. The van der Waals surface area contributed by atoms with Crippen molar-refractivity contribution < 1.29 is 9.53 Å². The highest BCUT2D eigenvalue weighted by molar-refractivity contribution is 7.09. The monoisotopic (exact) mass is 328 g/mol. The number of hydrogen-bond donors (Lipinski definition) is 0. The van der Waals surface area contributed by atoms with Gasteiger partial charge in [0, 0.05) is 24.0 Å². The number of methoxy groups -OCH3 is 1. The minimum Gasteiger partial charge on any atom is -0.497 e. The van der Waals surface area contributed by atoms with E-state index in [2.05, 4.69) is 4.98 Å². The molecule has 1 saturated carbocycles. The number of ether oxygens (including phenoxy) is 1. The molecule has 1 aromatic carbocycles. The fraction of sp³-hybridized carbons (Fsp3) is 0.333. The molecule has 0 bridgehead atoms. The Kier molecular flexibility index (Phi) is 4.76. The van der Waals surface area contributed by atoms with Crippen LogP contribution in [-0.4, -0.2) is 28.9 Å². The van der Waals surface area contributed by atoms with Crippen LogP contribution in [0.1, 0.15) is 29.1 Å². The molecule has 0 saturated heterocycles. The van der Waals surface area contributed by atoms with E-state index in [9.17, 15) is 4.79 Å². The van der Waals surface area contributed by atoms with Gasteiger partial charge < -0.3 is 9.64 Å². The van der Waals surface area contributed by atoms with Gasteiger partial charge >= 0.3 is 0 Å². The Morgan fingerprint density at radius 3 is 2.70 bits per heavy atom. The third-order valence-electron chi connectivity index (χ3n) is 3.82. The SMILES string of the molecule is COc1ccc(CN(C(=O)C=Cc2csc(C)n2)C2CC2)cc1. The summed E-state index contributed by atoms with van der Waals surface area (Å²) >= 11 is 1.59. The Morgan fingerprint density at radius 2 is 2.13 bits per heavy atom.